The minimum absolute atomic E-state index is 0.000390. The monoisotopic (exact) mass is 336 g/mol. The third-order valence-electron chi connectivity index (χ3n) is 4.47. The van der Waals surface area contributed by atoms with Crippen LogP contribution in [-0.4, -0.2) is 21.3 Å². The van der Waals surface area contributed by atoms with Crippen molar-refractivity contribution in [2.45, 2.75) is 84.0 Å². The third kappa shape index (κ3) is 7.71. The average molecular weight is 336 g/mol. The Morgan fingerprint density at radius 2 is 1.33 bits per heavy atom. The number of benzene rings is 1. The van der Waals surface area contributed by atoms with Crippen LogP contribution >= 0.6 is 0 Å². The van der Waals surface area contributed by atoms with E-state index in [0.29, 0.717) is 12.0 Å². The van der Waals surface area contributed by atoms with Crippen LogP contribution in [0.4, 0.5) is 0 Å². The van der Waals surface area contributed by atoms with Gasteiger partial charge in [-0.3, -0.25) is 0 Å². The molecule has 1 rings (SSSR count). The van der Waals surface area contributed by atoms with Crippen LogP contribution in [0.5, 0.6) is 11.5 Å². The molecule has 0 bridgehead atoms. The molecule has 4 nitrogen and oxygen atoms in total. The van der Waals surface area contributed by atoms with Gasteiger partial charge in [0.05, 0.1) is 5.56 Å². The van der Waals surface area contributed by atoms with Crippen molar-refractivity contribution in [1.82, 2.24) is 0 Å². The van der Waals surface area contributed by atoms with Crippen molar-refractivity contribution in [3.63, 3.8) is 0 Å². The molecular formula is C20H32O4. The second-order valence-electron chi connectivity index (χ2n) is 6.58. The van der Waals surface area contributed by atoms with Crippen molar-refractivity contribution in [1.29, 1.82) is 0 Å². The summed E-state index contributed by atoms with van der Waals surface area (Å²) in [7, 11) is 0. The van der Waals surface area contributed by atoms with Gasteiger partial charge in [-0.1, -0.05) is 71.1 Å². The van der Waals surface area contributed by atoms with E-state index in [0.717, 1.165) is 19.3 Å². The molecule has 0 saturated carbocycles. The summed E-state index contributed by atoms with van der Waals surface area (Å²) in [5, 5.41) is 28.4. The van der Waals surface area contributed by atoms with Crippen LogP contribution in [0.1, 0.15) is 93.5 Å². The normalized spacial score (nSPS) is 10.9. The number of aromatic carboxylic acids is 1. The van der Waals surface area contributed by atoms with Crippen molar-refractivity contribution < 1.29 is 20.1 Å². The molecule has 24 heavy (non-hydrogen) atoms. The number of carboxylic acids is 1. The Hall–Kier alpha value is -1.71. The molecule has 0 spiro atoms. The van der Waals surface area contributed by atoms with Crippen LogP contribution in [0.15, 0.2) is 12.1 Å². The lowest BCUT2D eigenvalue weighted by atomic mass is 9.98. The first-order valence-electron chi connectivity index (χ1n) is 9.34. The first-order chi connectivity index (χ1) is 11.6. The number of hydrogen-bond acceptors (Lipinski definition) is 3. The van der Waals surface area contributed by atoms with Gasteiger partial charge in [0.1, 0.15) is 11.5 Å². The first kappa shape index (κ1) is 20.3. The molecule has 0 amide bonds. The minimum Gasteiger partial charge on any atom is -0.508 e. The van der Waals surface area contributed by atoms with Gasteiger partial charge in [0.2, 0.25) is 0 Å². The number of phenolic OH excluding ortho intramolecular Hbond substituents is 2. The van der Waals surface area contributed by atoms with Crippen LogP contribution in [0, 0.1) is 0 Å². The number of rotatable bonds is 13. The number of carbonyl (C=O) groups is 1. The highest BCUT2D eigenvalue weighted by Gasteiger charge is 2.15. The zero-order valence-corrected chi connectivity index (χ0v) is 14.9. The van der Waals surface area contributed by atoms with Crippen LogP contribution in [0.2, 0.25) is 0 Å². The van der Waals surface area contributed by atoms with Gasteiger partial charge >= 0.3 is 5.97 Å². The molecule has 136 valence electrons. The molecule has 0 fully saturated rings. The lowest BCUT2D eigenvalue weighted by molar-refractivity contribution is 0.0694. The summed E-state index contributed by atoms with van der Waals surface area (Å²) in [6, 6.07) is 2.41. The maximum Gasteiger partial charge on any atom is 0.336 e. The Balaban J connectivity index is 2.19. The van der Waals surface area contributed by atoms with Crippen LogP contribution in [0.25, 0.3) is 0 Å². The number of aromatic hydroxyl groups is 2. The fourth-order valence-electron chi connectivity index (χ4n) is 3.06. The fourth-order valence-corrected chi connectivity index (χ4v) is 3.06. The molecule has 4 heteroatoms. The summed E-state index contributed by atoms with van der Waals surface area (Å²) >= 11 is 0. The van der Waals surface area contributed by atoms with Crippen LogP contribution < -0.4 is 0 Å². The van der Waals surface area contributed by atoms with E-state index in [1.165, 1.54) is 63.5 Å². The van der Waals surface area contributed by atoms with Gasteiger partial charge in [-0.05, 0) is 18.9 Å². The quantitative estimate of drug-likeness (QED) is 0.407. The molecular weight excluding hydrogens is 304 g/mol. The summed E-state index contributed by atoms with van der Waals surface area (Å²) in [5.74, 6) is -1.45. The fraction of sp³-hybridized carbons (Fsp3) is 0.650. The SMILES string of the molecule is CCCCCCCCCCCCCc1c(O)cc(O)cc1C(=O)O. The van der Waals surface area contributed by atoms with Crippen molar-refractivity contribution in [2.75, 3.05) is 0 Å². The Labute approximate surface area is 145 Å². The predicted molar refractivity (Wildman–Crippen MR) is 96.9 cm³/mol. The summed E-state index contributed by atoms with van der Waals surface area (Å²) in [6.07, 6.45) is 14.1. The standard InChI is InChI=1S/C20H32O4/c1-2-3-4-5-6-7-8-9-10-11-12-13-17-18(20(23)24)14-16(21)15-19(17)22/h14-15,21-22H,2-13H2,1H3,(H,23,24). The second-order valence-corrected chi connectivity index (χ2v) is 6.58. The summed E-state index contributed by atoms with van der Waals surface area (Å²) in [4.78, 5) is 11.2. The molecule has 3 N–H and O–H groups in total. The largest absolute Gasteiger partial charge is 0.508 e. The zero-order valence-electron chi connectivity index (χ0n) is 14.9. The van der Waals surface area contributed by atoms with Gasteiger partial charge in [-0.15, -0.1) is 0 Å². The third-order valence-corrected chi connectivity index (χ3v) is 4.47. The lowest BCUT2D eigenvalue weighted by Crippen LogP contribution is -2.03. The first-order valence-corrected chi connectivity index (χ1v) is 9.34. The number of carboxylic acid groups (broad SMARTS) is 1. The van der Waals surface area contributed by atoms with E-state index in [9.17, 15) is 15.0 Å². The van der Waals surface area contributed by atoms with Gasteiger partial charge < -0.3 is 15.3 Å². The summed E-state index contributed by atoms with van der Waals surface area (Å²) in [5.41, 5.74) is 0.427. The van der Waals surface area contributed by atoms with E-state index in [-0.39, 0.29) is 17.1 Å². The van der Waals surface area contributed by atoms with E-state index in [2.05, 4.69) is 6.92 Å². The van der Waals surface area contributed by atoms with Crippen molar-refractivity contribution in [3.05, 3.63) is 23.3 Å². The van der Waals surface area contributed by atoms with Gasteiger partial charge in [0.25, 0.3) is 0 Å². The second kappa shape index (κ2) is 11.8. The van der Waals surface area contributed by atoms with Gasteiger partial charge in [0, 0.05) is 11.6 Å². The topological polar surface area (TPSA) is 77.8 Å². The molecule has 0 aliphatic heterocycles. The molecule has 0 unspecified atom stereocenters. The summed E-state index contributed by atoms with van der Waals surface area (Å²) < 4.78 is 0. The smallest absolute Gasteiger partial charge is 0.336 e. The van der Waals surface area contributed by atoms with Gasteiger partial charge in [0.15, 0.2) is 0 Å². The molecule has 0 atom stereocenters. The van der Waals surface area contributed by atoms with Crippen LogP contribution in [-0.2, 0) is 6.42 Å². The minimum atomic E-state index is -1.11. The van der Waals surface area contributed by atoms with Crippen molar-refractivity contribution >= 4 is 5.97 Å². The van der Waals surface area contributed by atoms with E-state index in [4.69, 9.17) is 5.11 Å². The predicted octanol–water partition coefficient (Wildman–Crippen LogP) is 5.65. The van der Waals surface area contributed by atoms with E-state index in [1.54, 1.807) is 0 Å². The zero-order chi connectivity index (χ0) is 17.8. The molecule has 1 aromatic carbocycles. The van der Waals surface area contributed by atoms with Crippen molar-refractivity contribution in [3.8, 4) is 11.5 Å². The maximum atomic E-state index is 11.2. The molecule has 0 aliphatic carbocycles. The lowest BCUT2D eigenvalue weighted by Gasteiger charge is -2.09. The van der Waals surface area contributed by atoms with Gasteiger partial charge in [-0.25, -0.2) is 4.79 Å². The number of hydrogen-bond donors (Lipinski definition) is 3. The Morgan fingerprint density at radius 3 is 1.83 bits per heavy atom. The highest BCUT2D eigenvalue weighted by Crippen LogP contribution is 2.29. The van der Waals surface area contributed by atoms with Crippen LogP contribution in [0.3, 0.4) is 0 Å². The Kier molecular flexibility index (Phi) is 9.97. The number of phenols is 2. The van der Waals surface area contributed by atoms with Crippen molar-refractivity contribution in [2.24, 2.45) is 0 Å². The molecule has 0 radical (unpaired) electrons. The maximum absolute atomic E-state index is 11.2. The average Bonchev–Trinajstić information content (AvgIpc) is 2.53. The van der Waals surface area contributed by atoms with Gasteiger partial charge in [-0.2, -0.15) is 0 Å². The molecule has 0 heterocycles. The Bertz CT molecular complexity index is 497. The van der Waals surface area contributed by atoms with E-state index in [1.807, 2.05) is 0 Å². The summed E-state index contributed by atoms with van der Waals surface area (Å²) in [6.45, 7) is 2.23. The highest BCUT2D eigenvalue weighted by molar-refractivity contribution is 5.90. The van der Waals surface area contributed by atoms with E-state index < -0.39 is 5.97 Å². The Morgan fingerprint density at radius 1 is 0.833 bits per heavy atom. The van der Waals surface area contributed by atoms with E-state index >= 15 is 0 Å². The number of unbranched alkanes of at least 4 members (excludes halogenated alkanes) is 10. The highest BCUT2D eigenvalue weighted by atomic mass is 16.4. The molecule has 0 aromatic heterocycles. The molecule has 0 saturated heterocycles. The molecule has 0 aliphatic rings. The molecule has 1 aromatic rings.